The highest BCUT2D eigenvalue weighted by Gasteiger charge is 2.10. The number of anilines is 2. The zero-order valence-corrected chi connectivity index (χ0v) is 11.1. The van der Waals surface area contributed by atoms with Gasteiger partial charge in [-0.1, -0.05) is 0 Å². The lowest BCUT2D eigenvalue weighted by molar-refractivity contribution is -0.130. The molecule has 19 heavy (non-hydrogen) atoms. The van der Waals surface area contributed by atoms with E-state index in [1.165, 1.54) is 0 Å². The molecule has 0 radical (unpaired) electrons. The summed E-state index contributed by atoms with van der Waals surface area (Å²) in [5, 5.41) is 2.75. The molecular weight excluding hydrogens is 251 g/mol. The Kier molecular flexibility index (Phi) is 5.94. The third kappa shape index (κ3) is 4.32. The average Bonchev–Trinajstić information content (AvgIpc) is 2.42. The van der Waals surface area contributed by atoms with Crippen molar-refractivity contribution in [3.8, 4) is 0 Å². The molecule has 4 N–H and O–H groups in total. The van der Waals surface area contributed by atoms with E-state index < -0.39 is 5.82 Å². The van der Waals surface area contributed by atoms with Crippen molar-refractivity contribution in [1.82, 2.24) is 14.9 Å². The highest BCUT2D eigenvalue weighted by atomic mass is 19.1. The second-order valence-corrected chi connectivity index (χ2v) is 3.78. The first-order valence-electron chi connectivity index (χ1n) is 6.13. The van der Waals surface area contributed by atoms with E-state index in [4.69, 9.17) is 5.84 Å². The van der Waals surface area contributed by atoms with Gasteiger partial charge in [-0.25, -0.2) is 15.2 Å². The van der Waals surface area contributed by atoms with Gasteiger partial charge in [0.05, 0.1) is 6.20 Å². The van der Waals surface area contributed by atoms with Crippen LogP contribution in [0.4, 0.5) is 16.2 Å². The first-order valence-corrected chi connectivity index (χ1v) is 6.13. The van der Waals surface area contributed by atoms with Gasteiger partial charge in [0.15, 0.2) is 11.6 Å². The topological polar surface area (TPSA) is 96.2 Å². The molecule has 1 aromatic rings. The van der Waals surface area contributed by atoms with Crippen LogP contribution in [0.3, 0.4) is 0 Å². The molecule has 0 aromatic carbocycles. The van der Waals surface area contributed by atoms with E-state index in [2.05, 4.69) is 20.7 Å². The van der Waals surface area contributed by atoms with Gasteiger partial charge in [-0.2, -0.15) is 4.98 Å². The first-order chi connectivity index (χ1) is 9.12. The number of nitrogens with one attached hydrogen (secondary N) is 2. The fourth-order valence-corrected chi connectivity index (χ4v) is 1.58. The van der Waals surface area contributed by atoms with Crippen molar-refractivity contribution in [1.29, 1.82) is 0 Å². The number of halogens is 1. The van der Waals surface area contributed by atoms with Crippen LogP contribution in [0.1, 0.15) is 20.3 Å². The molecule has 1 heterocycles. The molecule has 0 spiro atoms. The zero-order chi connectivity index (χ0) is 14.3. The Bertz CT molecular complexity index is 424. The normalized spacial score (nSPS) is 10.1. The Morgan fingerprint density at radius 2 is 2.16 bits per heavy atom. The fourth-order valence-electron chi connectivity index (χ4n) is 1.58. The molecule has 0 atom stereocenters. The molecule has 7 nitrogen and oxygen atoms in total. The predicted molar refractivity (Wildman–Crippen MR) is 70.8 cm³/mol. The van der Waals surface area contributed by atoms with E-state index in [0.717, 1.165) is 6.20 Å². The number of nitrogen functional groups attached to an aromatic ring is 1. The van der Waals surface area contributed by atoms with E-state index in [-0.39, 0.29) is 24.1 Å². The smallest absolute Gasteiger partial charge is 0.239 e. The molecule has 0 fully saturated rings. The highest BCUT2D eigenvalue weighted by Crippen LogP contribution is 2.11. The van der Waals surface area contributed by atoms with Crippen LogP contribution < -0.4 is 16.6 Å². The average molecular weight is 270 g/mol. The zero-order valence-electron chi connectivity index (χ0n) is 11.1. The van der Waals surface area contributed by atoms with Gasteiger partial charge in [0.25, 0.3) is 0 Å². The van der Waals surface area contributed by atoms with E-state index >= 15 is 0 Å². The number of rotatable bonds is 7. The van der Waals surface area contributed by atoms with Crippen LogP contribution in [0, 0.1) is 5.82 Å². The van der Waals surface area contributed by atoms with Crippen molar-refractivity contribution in [3.05, 3.63) is 12.0 Å². The number of hydrogen-bond donors (Lipinski definition) is 3. The minimum atomic E-state index is -0.589. The number of hydrazine groups is 1. The summed E-state index contributed by atoms with van der Waals surface area (Å²) in [5.41, 5.74) is 2.23. The molecule has 0 bridgehead atoms. The second kappa shape index (κ2) is 7.47. The molecular formula is C11H19FN6O. The Balaban J connectivity index is 2.51. The Labute approximate surface area is 111 Å². The summed E-state index contributed by atoms with van der Waals surface area (Å²) in [4.78, 5) is 20.9. The van der Waals surface area contributed by atoms with Gasteiger partial charge in [-0.3, -0.25) is 10.2 Å². The van der Waals surface area contributed by atoms with Crippen molar-refractivity contribution in [2.24, 2.45) is 5.84 Å². The SMILES string of the molecule is CCN(CC)C(=O)CCNc1nc(NN)ncc1F. The third-order valence-corrected chi connectivity index (χ3v) is 2.62. The van der Waals surface area contributed by atoms with Crippen molar-refractivity contribution in [2.75, 3.05) is 30.4 Å². The van der Waals surface area contributed by atoms with E-state index in [1.54, 1.807) is 4.90 Å². The summed E-state index contributed by atoms with van der Waals surface area (Å²) in [6, 6.07) is 0. The summed E-state index contributed by atoms with van der Waals surface area (Å²) in [6.07, 6.45) is 1.28. The number of nitrogens with zero attached hydrogens (tertiary/aromatic N) is 3. The summed E-state index contributed by atoms with van der Waals surface area (Å²) in [6.45, 7) is 5.46. The van der Waals surface area contributed by atoms with E-state index in [0.29, 0.717) is 19.6 Å². The molecule has 1 rings (SSSR count). The molecule has 0 aliphatic carbocycles. The largest absolute Gasteiger partial charge is 0.367 e. The van der Waals surface area contributed by atoms with Gasteiger partial charge in [0, 0.05) is 26.1 Å². The number of nitrogens with two attached hydrogens (primary N) is 1. The van der Waals surface area contributed by atoms with Crippen molar-refractivity contribution in [2.45, 2.75) is 20.3 Å². The van der Waals surface area contributed by atoms with Crippen LogP contribution in [-0.2, 0) is 4.79 Å². The summed E-state index contributed by atoms with van der Waals surface area (Å²) in [5.74, 6) is 4.70. The maximum absolute atomic E-state index is 13.4. The molecule has 0 saturated heterocycles. The Morgan fingerprint density at radius 1 is 1.47 bits per heavy atom. The number of aromatic nitrogens is 2. The number of carbonyl (C=O) groups is 1. The minimum Gasteiger partial charge on any atom is -0.367 e. The van der Waals surface area contributed by atoms with Crippen LogP contribution in [0.15, 0.2) is 6.20 Å². The lowest BCUT2D eigenvalue weighted by atomic mass is 10.3. The Hall–Kier alpha value is -1.96. The first kappa shape index (κ1) is 15.1. The van der Waals surface area contributed by atoms with Crippen molar-refractivity contribution < 1.29 is 9.18 Å². The molecule has 1 aromatic heterocycles. The van der Waals surface area contributed by atoms with Gasteiger partial charge in [0.1, 0.15) is 0 Å². The van der Waals surface area contributed by atoms with Crippen LogP contribution in [0.5, 0.6) is 0 Å². The van der Waals surface area contributed by atoms with Crippen LogP contribution >= 0.6 is 0 Å². The van der Waals surface area contributed by atoms with Crippen LogP contribution in [0.2, 0.25) is 0 Å². The van der Waals surface area contributed by atoms with E-state index in [9.17, 15) is 9.18 Å². The number of carbonyl (C=O) groups excluding carboxylic acids is 1. The van der Waals surface area contributed by atoms with Crippen LogP contribution in [-0.4, -0.2) is 40.4 Å². The molecule has 1 amide bonds. The molecule has 0 aliphatic heterocycles. The van der Waals surface area contributed by atoms with Gasteiger partial charge in [-0.05, 0) is 13.8 Å². The highest BCUT2D eigenvalue weighted by molar-refractivity contribution is 5.76. The maximum atomic E-state index is 13.4. The number of amides is 1. The summed E-state index contributed by atoms with van der Waals surface area (Å²) < 4.78 is 13.4. The quantitative estimate of drug-likeness (QED) is 0.495. The predicted octanol–water partition coefficient (Wildman–Crippen LogP) is 0.572. The lowest BCUT2D eigenvalue weighted by Gasteiger charge is -2.18. The minimum absolute atomic E-state index is 0.0177. The summed E-state index contributed by atoms with van der Waals surface area (Å²) in [7, 11) is 0. The molecule has 8 heteroatoms. The van der Waals surface area contributed by atoms with Crippen molar-refractivity contribution in [3.63, 3.8) is 0 Å². The molecule has 0 aliphatic rings. The maximum Gasteiger partial charge on any atom is 0.239 e. The molecule has 0 saturated carbocycles. The monoisotopic (exact) mass is 270 g/mol. The van der Waals surface area contributed by atoms with Gasteiger partial charge >= 0.3 is 0 Å². The lowest BCUT2D eigenvalue weighted by Crippen LogP contribution is -2.31. The van der Waals surface area contributed by atoms with E-state index in [1.807, 2.05) is 13.8 Å². The Morgan fingerprint density at radius 3 is 2.74 bits per heavy atom. The van der Waals surface area contributed by atoms with Gasteiger partial charge in [0.2, 0.25) is 11.9 Å². The molecule has 106 valence electrons. The summed E-state index contributed by atoms with van der Waals surface area (Å²) >= 11 is 0. The third-order valence-electron chi connectivity index (χ3n) is 2.62. The second-order valence-electron chi connectivity index (χ2n) is 3.78. The van der Waals surface area contributed by atoms with Crippen molar-refractivity contribution >= 4 is 17.7 Å². The molecule has 0 unspecified atom stereocenters. The number of hydrogen-bond acceptors (Lipinski definition) is 6. The van der Waals surface area contributed by atoms with Crippen LogP contribution in [0.25, 0.3) is 0 Å². The standard InChI is InChI=1S/C11H19FN6O/c1-3-18(4-2)9(19)5-6-14-10-8(12)7-15-11(16-10)17-13/h7H,3-6,13H2,1-2H3,(H2,14,15,16,17). The van der Waals surface area contributed by atoms with Gasteiger partial charge < -0.3 is 10.2 Å². The fraction of sp³-hybridized carbons (Fsp3) is 0.545. The van der Waals surface area contributed by atoms with Gasteiger partial charge in [-0.15, -0.1) is 0 Å².